The fraction of sp³-hybridized carbons (Fsp3) is 0.385. The predicted molar refractivity (Wildman–Crippen MR) is 73.2 cm³/mol. The first-order chi connectivity index (χ1) is 9.10. The zero-order chi connectivity index (χ0) is 15.1. The lowest BCUT2D eigenvalue weighted by atomic mass is 10.0. The van der Waals surface area contributed by atoms with Crippen molar-refractivity contribution in [3.05, 3.63) is 34.6 Å². The van der Waals surface area contributed by atoms with Crippen molar-refractivity contribution in [3.8, 4) is 11.4 Å². The summed E-state index contributed by atoms with van der Waals surface area (Å²) in [6.07, 6.45) is -3.01. The lowest BCUT2D eigenvalue weighted by molar-refractivity contribution is -0.137. The highest BCUT2D eigenvalue weighted by atomic mass is 79.9. The number of benzene rings is 1. The van der Waals surface area contributed by atoms with E-state index in [1.165, 1.54) is 12.4 Å². The van der Waals surface area contributed by atoms with Gasteiger partial charge in [0.25, 0.3) is 0 Å². The second-order valence-corrected chi connectivity index (χ2v) is 6.30. The van der Waals surface area contributed by atoms with Crippen molar-refractivity contribution in [2.45, 2.75) is 32.5 Å². The molecule has 108 valence electrons. The molecule has 7 heteroatoms. The van der Waals surface area contributed by atoms with Gasteiger partial charge < -0.3 is 4.57 Å². The SMILES string of the molecule is CC(C)(C)n1cnnc1-c1ccc(Br)cc1C(F)(F)F. The molecule has 0 aliphatic heterocycles. The fourth-order valence-corrected chi connectivity index (χ4v) is 2.22. The highest BCUT2D eigenvalue weighted by Crippen LogP contribution is 2.38. The standard InChI is InChI=1S/C13H13BrF3N3/c1-12(2,3)20-7-18-19-11(20)9-5-4-8(14)6-10(9)13(15,16)17/h4-7H,1-3H3. The summed E-state index contributed by atoms with van der Waals surface area (Å²) in [5.41, 5.74) is -1.12. The van der Waals surface area contributed by atoms with Crippen LogP contribution in [0.15, 0.2) is 29.0 Å². The molecule has 1 heterocycles. The van der Waals surface area contributed by atoms with Crippen LogP contribution in [0.25, 0.3) is 11.4 Å². The maximum Gasteiger partial charge on any atom is 0.417 e. The van der Waals surface area contributed by atoms with Gasteiger partial charge in [-0.3, -0.25) is 0 Å². The molecule has 0 saturated carbocycles. The van der Waals surface area contributed by atoms with Gasteiger partial charge in [-0.25, -0.2) is 0 Å². The minimum absolute atomic E-state index is 0.0214. The van der Waals surface area contributed by atoms with E-state index in [2.05, 4.69) is 26.1 Å². The van der Waals surface area contributed by atoms with E-state index in [4.69, 9.17) is 0 Å². The molecule has 0 saturated heterocycles. The smallest absolute Gasteiger partial charge is 0.308 e. The van der Waals surface area contributed by atoms with Gasteiger partial charge in [-0.2, -0.15) is 13.2 Å². The molecule has 0 aliphatic rings. The second kappa shape index (κ2) is 4.87. The minimum Gasteiger partial charge on any atom is -0.308 e. The molecule has 0 bridgehead atoms. The van der Waals surface area contributed by atoms with Gasteiger partial charge in [0.15, 0.2) is 5.82 Å². The van der Waals surface area contributed by atoms with Gasteiger partial charge in [0.05, 0.1) is 5.56 Å². The summed E-state index contributed by atoms with van der Waals surface area (Å²) >= 11 is 3.07. The Morgan fingerprint density at radius 1 is 1.15 bits per heavy atom. The Hall–Kier alpha value is -1.37. The van der Waals surface area contributed by atoms with Gasteiger partial charge in [-0.15, -0.1) is 10.2 Å². The highest BCUT2D eigenvalue weighted by Gasteiger charge is 2.35. The Balaban J connectivity index is 2.69. The summed E-state index contributed by atoms with van der Waals surface area (Å²) in [5.74, 6) is 0.206. The van der Waals surface area contributed by atoms with Crippen LogP contribution in [-0.4, -0.2) is 14.8 Å². The fourth-order valence-electron chi connectivity index (χ4n) is 1.86. The summed E-state index contributed by atoms with van der Waals surface area (Å²) < 4.78 is 41.5. The zero-order valence-electron chi connectivity index (χ0n) is 11.2. The number of hydrogen-bond donors (Lipinski definition) is 0. The third kappa shape index (κ3) is 2.87. The molecule has 2 aromatic rings. The molecular weight excluding hydrogens is 335 g/mol. The Kier molecular flexibility index (Phi) is 3.66. The number of hydrogen-bond acceptors (Lipinski definition) is 2. The second-order valence-electron chi connectivity index (χ2n) is 5.38. The molecule has 0 radical (unpaired) electrons. The highest BCUT2D eigenvalue weighted by molar-refractivity contribution is 9.10. The predicted octanol–water partition coefficient (Wildman–Crippen LogP) is 4.48. The van der Waals surface area contributed by atoms with E-state index in [9.17, 15) is 13.2 Å². The Bertz CT molecular complexity index is 627. The largest absolute Gasteiger partial charge is 0.417 e. The van der Waals surface area contributed by atoms with E-state index in [1.807, 2.05) is 20.8 Å². The van der Waals surface area contributed by atoms with Crippen molar-refractivity contribution in [2.24, 2.45) is 0 Å². The quantitative estimate of drug-likeness (QED) is 0.761. The first kappa shape index (κ1) is 15.0. The molecule has 0 atom stereocenters. The number of alkyl halides is 3. The summed E-state index contributed by atoms with van der Waals surface area (Å²) in [7, 11) is 0. The van der Waals surface area contributed by atoms with Gasteiger partial charge in [-0.1, -0.05) is 15.9 Å². The minimum atomic E-state index is -4.45. The van der Waals surface area contributed by atoms with E-state index >= 15 is 0 Å². The number of aromatic nitrogens is 3. The van der Waals surface area contributed by atoms with Crippen molar-refractivity contribution in [1.29, 1.82) is 0 Å². The lowest BCUT2D eigenvalue weighted by Crippen LogP contribution is -2.22. The Morgan fingerprint density at radius 3 is 2.35 bits per heavy atom. The van der Waals surface area contributed by atoms with Crippen molar-refractivity contribution < 1.29 is 13.2 Å². The van der Waals surface area contributed by atoms with Crippen molar-refractivity contribution in [3.63, 3.8) is 0 Å². The maximum absolute atomic E-state index is 13.2. The Labute approximate surface area is 123 Å². The molecule has 1 aromatic heterocycles. The van der Waals surface area contributed by atoms with Gasteiger partial charge in [-0.05, 0) is 39.0 Å². The molecule has 2 rings (SSSR count). The molecule has 0 aliphatic carbocycles. The molecule has 0 unspecified atom stereocenters. The molecule has 20 heavy (non-hydrogen) atoms. The number of rotatable bonds is 1. The van der Waals surface area contributed by atoms with E-state index < -0.39 is 17.3 Å². The summed E-state index contributed by atoms with van der Waals surface area (Å²) in [6, 6.07) is 4.02. The van der Waals surface area contributed by atoms with Crippen LogP contribution in [0.3, 0.4) is 0 Å². The van der Waals surface area contributed by atoms with Crippen molar-refractivity contribution in [1.82, 2.24) is 14.8 Å². The summed E-state index contributed by atoms with van der Waals surface area (Å²) in [5, 5.41) is 7.60. The Morgan fingerprint density at radius 2 is 1.80 bits per heavy atom. The molecular formula is C13H13BrF3N3. The van der Waals surface area contributed by atoms with Crippen LogP contribution in [0.5, 0.6) is 0 Å². The van der Waals surface area contributed by atoms with Gasteiger partial charge in [0.2, 0.25) is 0 Å². The molecule has 0 N–H and O–H groups in total. The van der Waals surface area contributed by atoms with Crippen LogP contribution in [0.4, 0.5) is 13.2 Å². The zero-order valence-corrected chi connectivity index (χ0v) is 12.7. The number of halogens is 4. The van der Waals surface area contributed by atoms with E-state index in [-0.39, 0.29) is 11.4 Å². The van der Waals surface area contributed by atoms with Crippen LogP contribution in [0.1, 0.15) is 26.3 Å². The van der Waals surface area contributed by atoms with Crippen molar-refractivity contribution in [2.75, 3.05) is 0 Å². The molecule has 0 amide bonds. The monoisotopic (exact) mass is 347 g/mol. The van der Waals surface area contributed by atoms with Gasteiger partial charge >= 0.3 is 6.18 Å². The van der Waals surface area contributed by atoms with Gasteiger partial charge in [0.1, 0.15) is 6.33 Å². The van der Waals surface area contributed by atoms with Crippen LogP contribution in [0.2, 0.25) is 0 Å². The van der Waals surface area contributed by atoms with Gasteiger partial charge in [0, 0.05) is 15.6 Å². The molecule has 0 spiro atoms. The lowest BCUT2D eigenvalue weighted by Gasteiger charge is -2.23. The first-order valence-corrected chi connectivity index (χ1v) is 6.67. The third-order valence-electron chi connectivity index (χ3n) is 2.80. The molecule has 0 fully saturated rings. The van der Waals surface area contributed by atoms with Crippen LogP contribution >= 0.6 is 15.9 Å². The molecule has 3 nitrogen and oxygen atoms in total. The van der Waals surface area contributed by atoms with E-state index in [0.29, 0.717) is 4.47 Å². The van der Waals surface area contributed by atoms with Crippen molar-refractivity contribution >= 4 is 15.9 Å². The topological polar surface area (TPSA) is 30.7 Å². The summed E-state index contributed by atoms with van der Waals surface area (Å²) in [6.45, 7) is 5.64. The van der Waals surface area contributed by atoms with Crippen LogP contribution in [-0.2, 0) is 11.7 Å². The first-order valence-electron chi connectivity index (χ1n) is 5.88. The third-order valence-corrected chi connectivity index (χ3v) is 3.29. The van der Waals surface area contributed by atoms with Crippen LogP contribution < -0.4 is 0 Å². The average molecular weight is 348 g/mol. The van der Waals surface area contributed by atoms with Crippen LogP contribution in [0, 0.1) is 0 Å². The van der Waals surface area contributed by atoms with E-state index in [1.54, 1.807) is 10.6 Å². The summed E-state index contributed by atoms with van der Waals surface area (Å²) in [4.78, 5) is 0. The maximum atomic E-state index is 13.2. The normalized spacial score (nSPS) is 12.8. The number of nitrogens with zero attached hydrogens (tertiary/aromatic N) is 3. The average Bonchev–Trinajstić information content (AvgIpc) is 2.76. The van der Waals surface area contributed by atoms with E-state index in [0.717, 1.165) is 6.07 Å². The molecule has 1 aromatic carbocycles.